The van der Waals surface area contributed by atoms with Crippen molar-refractivity contribution >= 4 is 17.7 Å². The average molecular weight is 215 g/mol. The number of nitrogens with zero attached hydrogens (tertiary/aromatic N) is 2. The molecule has 0 spiro atoms. The Morgan fingerprint density at radius 3 is 2.93 bits per heavy atom. The summed E-state index contributed by atoms with van der Waals surface area (Å²) in [6.45, 7) is 3.72. The van der Waals surface area contributed by atoms with Gasteiger partial charge in [-0.1, -0.05) is 18.7 Å². The largest absolute Gasteiger partial charge is 0.293 e. The van der Waals surface area contributed by atoms with Gasteiger partial charge in [0, 0.05) is 0 Å². The predicted molar refractivity (Wildman–Crippen MR) is 53.4 cm³/mol. The predicted octanol–water partition coefficient (Wildman–Crippen LogP) is -0.0263. The highest BCUT2D eigenvalue weighted by Crippen LogP contribution is 2.21. The number of carbonyl (C=O) groups excluding carboxylic acids is 1. The van der Waals surface area contributed by atoms with Gasteiger partial charge in [-0.25, -0.2) is 10.8 Å². The average Bonchev–Trinajstić information content (AvgIpc) is 2.59. The van der Waals surface area contributed by atoms with E-state index in [9.17, 15) is 4.79 Å². The quantitative estimate of drug-likeness (QED) is 0.284. The molecule has 0 aliphatic carbocycles. The number of hydrogen-bond donors (Lipinski definition) is 3. The van der Waals surface area contributed by atoms with Gasteiger partial charge in [0.1, 0.15) is 5.82 Å². The van der Waals surface area contributed by atoms with E-state index in [0.717, 1.165) is 5.82 Å². The smallest absolute Gasteiger partial charge is 0.247 e. The fraction of sp³-hybridized carbons (Fsp3) is 0.571. The monoisotopic (exact) mass is 215 g/mol. The Labute approximate surface area is 86.0 Å². The van der Waals surface area contributed by atoms with Gasteiger partial charge in [-0.15, -0.1) is 5.10 Å². The molecule has 0 radical (unpaired) electrons. The molecule has 0 saturated heterocycles. The number of hydrogen-bond acceptors (Lipinski definition) is 5. The maximum atomic E-state index is 11.2. The number of rotatable bonds is 4. The van der Waals surface area contributed by atoms with Crippen molar-refractivity contribution in [3.8, 4) is 0 Å². The topological polar surface area (TPSA) is 96.7 Å². The van der Waals surface area contributed by atoms with Gasteiger partial charge in [-0.2, -0.15) is 0 Å². The Kier molecular flexibility index (Phi) is 3.90. The lowest BCUT2D eigenvalue weighted by Crippen LogP contribution is -2.37. The van der Waals surface area contributed by atoms with Crippen molar-refractivity contribution in [2.24, 2.45) is 5.84 Å². The number of thioether (sulfide) groups is 1. The Balaban J connectivity index is 2.61. The van der Waals surface area contributed by atoms with Gasteiger partial charge in [0.25, 0.3) is 0 Å². The van der Waals surface area contributed by atoms with Crippen LogP contribution in [-0.2, 0) is 4.79 Å². The Bertz CT molecular complexity index is 313. The molecule has 1 atom stereocenters. The van der Waals surface area contributed by atoms with Crippen molar-refractivity contribution in [3.05, 3.63) is 5.82 Å². The van der Waals surface area contributed by atoms with Gasteiger partial charge >= 0.3 is 0 Å². The molecule has 0 fully saturated rings. The van der Waals surface area contributed by atoms with E-state index in [1.165, 1.54) is 11.8 Å². The molecule has 1 aromatic heterocycles. The zero-order valence-electron chi connectivity index (χ0n) is 8.07. The van der Waals surface area contributed by atoms with Crippen LogP contribution in [0, 0.1) is 6.92 Å². The minimum Gasteiger partial charge on any atom is -0.293 e. The van der Waals surface area contributed by atoms with E-state index in [4.69, 9.17) is 5.84 Å². The lowest BCUT2D eigenvalue weighted by Gasteiger charge is -2.09. The number of nitrogens with two attached hydrogens (primary N) is 1. The lowest BCUT2D eigenvalue weighted by atomic mass is 10.3. The van der Waals surface area contributed by atoms with E-state index in [0.29, 0.717) is 11.6 Å². The first-order valence-corrected chi connectivity index (χ1v) is 5.11. The molecule has 0 aromatic carbocycles. The number of aryl methyl sites for hydroxylation is 1. The first-order chi connectivity index (χ1) is 6.67. The molecule has 1 aromatic rings. The number of amides is 1. The van der Waals surface area contributed by atoms with Crippen LogP contribution >= 0.6 is 11.8 Å². The van der Waals surface area contributed by atoms with E-state index >= 15 is 0 Å². The first kappa shape index (κ1) is 11.0. The SMILES string of the molecule is CCC(Sc1n[nH]c(C)n1)C(=O)NN. The molecule has 1 heterocycles. The summed E-state index contributed by atoms with van der Waals surface area (Å²) in [7, 11) is 0. The number of H-pyrrole nitrogens is 1. The lowest BCUT2D eigenvalue weighted by molar-refractivity contribution is -0.120. The normalized spacial score (nSPS) is 12.5. The fourth-order valence-corrected chi connectivity index (χ4v) is 1.80. The van der Waals surface area contributed by atoms with Crippen LogP contribution in [0.4, 0.5) is 0 Å². The molecule has 78 valence electrons. The molecule has 1 rings (SSSR count). The summed E-state index contributed by atoms with van der Waals surface area (Å²) in [5.74, 6) is 5.57. The molecule has 1 unspecified atom stereocenters. The second-order valence-corrected chi connectivity index (χ2v) is 3.90. The third-order valence-electron chi connectivity index (χ3n) is 1.63. The summed E-state index contributed by atoms with van der Waals surface area (Å²) in [6, 6.07) is 0. The van der Waals surface area contributed by atoms with Crippen molar-refractivity contribution in [3.63, 3.8) is 0 Å². The van der Waals surface area contributed by atoms with Crippen molar-refractivity contribution in [1.82, 2.24) is 20.6 Å². The van der Waals surface area contributed by atoms with Gasteiger partial charge in [-0.05, 0) is 13.3 Å². The van der Waals surface area contributed by atoms with E-state index in [-0.39, 0.29) is 11.2 Å². The van der Waals surface area contributed by atoms with E-state index in [1.807, 2.05) is 6.92 Å². The van der Waals surface area contributed by atoms with Gasteiger partial charge in [-0.3, -0.25) is 15.3 Å². The third-order valence-corrected chi connectivity index (χ3v) is 2.86. The molecular weight excluding hydrogens is 202 g/mol. The number of aromatic nitrogens is 3. The highest BCUT2D eigenvalue weighted by atomic mass is 32.2. The molecule has 0 bridgehead atoms. The second-order valence-electron chi connectivity index (χ2n) is 2.73. The van der Waals surface area contributed by atoms with Crippen LogP contribution in [0.15, 0.2) is 5.16 Å². The van der Waals surface area contributed by atoms with Crippen LogP contribution in [0.3, 0.4) is 0 Å². The highest BCUT2D eigenvalue weighted by molar-refractivity contribution is 8.00. The maximum absolute atomic E-state index is 11.2. The number of carbonyl (C=O) groups is 1. The maximum Gasteiger partial charge on any atom is 0.247 e. The van der Waals surface area contributed by atoms with Crippen molar-refractivity contribution in [2.75, 3.05) is 0 Å². The van der Waals surface area contributed by atoms with Gasteiger partial charge in [0.2, 0.25) is 11.1 Å². The van der Waals surface area contributed by atoms with Crippen molar-refractivity contribution in [2.45, 2.75) is 30.7 Å². The molecule has 7 heteroatoms. The molecule has 4 N–H and O–H groups in total. The summed E-state index contributed by atoms with van der Waals surface area (Å²) >= 11 is 1.30. The molecular formula is C7H13N5OS. The van der Waals surface area contributed by atoms with E-state index < -0.39 is 0 Å². The molecule has 0 saturated carbocycles. The van der Waals surface area contributed by atoms with Crippen LogP contribution in [0.1, 0.15) is 19.2 Å². The summed E-state index contributed by atoms with van der Waals surface area (Å²) in [5.41, 5.74) is 2.12. The second kappa shape index (κ2) is 4.97. The first-order valence-electron chi connectivity index (χ1n) is 4.23. The summed E-state index contributed by atoms with van der Waals surface area (Å²) < 4.78 is 0. The highest BCUT2D eigenvalue weighted by Gasteiger charge is 2.18. The van der Waals surface area contributed by atoms with Crippen LogP contribution in [0.5, 0.6) is 0 Å². The van der Waals surface area contributed by atoms with Crippen molar-refractivity contribution in [1.29, 1.82) is 0 Å². The van der Waals surface area contributed by atoms with Crippen molar-refractivity contribution < 1.29 is 4.79 Å². The molecule has 0 aliphatic rings. The van der Waals surface area contributed by atoms with Gasteiger partial charge in [0.15, 0.2) is 0 Å². The number of aromatic amines is 1. The molecule has 1 amide bonds. The zero-order chi connectivity index (χ0) is 10.6. The fourth-order valence-electron chi connectivity index (χ4n) is 0.917. The molecule has 14 heavy (non-hydrogen) atoms. The Hall–Kier alpha value is -1.08. The van der Waals surface area contributed by atoms with Crippen LogP contribution < -0.4 is 11.3 Å². The zero-order valence-corrected chi connectivity index (χ0v) is 8.89. The number of nitrogens with one attached hydrogen (secondary N) is 2. The summed E-state index contributed by atoms with van der Waals surface area (Å²) in [5, 5.41) is 6.96. The number of hydrazine groups is 1. The minimum absolute atomic E-state index is 0.208. The molecule has 6 nitrogen and oxygen atoms in total. The third kappa shape index (κ3) is 2.71. The standard InChI is InChI=1S/C7H13N5OS/c1-3-5(6(13)10-8)14-7-9-4(2)11-12-7/h5H,3,8H2,1-2H3,(H,10,13)(H,9,11,12). The summed E-state index contributed by atoms with van der Waals surface area (Å²) in [4.78, 5) is 15.3. The summed E-state index contributed by atoms with van der Waals surface area (Å²) in [6.07, 6.45) is 0.682. The Morgan fingerprint density at radius 2 is 2.50 bits per heavy atom. The minimum atomic E-state index is -0.241. The molecule has 0 aliphatic heterocycles. The van der Waals surface area contributed by atoms with Crippen LogP contribution in [0.25, 0.3) is 0 Å². The van der Waals surface area contributed by atoms with E-state index in [2.05, 4.69) is 20.6 Å². The Morgan fingerprint density at radius 1 is 1.79 bits per heavy atom. The van der Waals surface area contributed by atoms with Gasteiger partial charge < -0.3 is 0 Å². The van der Waals surface area contributed by atoms with Gasteiger partial charge in [0.05, 0.1) is 5.25 Å². The van der Waals surface area contributed by atoms with Crippen LogP contribution in [-0.4, -0.2) is 26.3 Å². The van der Waals surface area contributed by atoms with Crippen LogP contribution in [0.2, 0.25) is 0 Å². The van der Waals surface area contributed by atoms with E-state index in [1.54, 1.807) is 6.92 Å².